The van der Waals surface area contributed by atoms with Crippen molar-refractivity contribution in [3.63, 3.8) is 0 Å². The Morgan fingerprint density at radius 2 is 2.43 bits per heavy atom. The van der Waals surface area contributed by atoms with Crippen molar-refractivity contribution in [2.75, 3.05) is 11.9 Å². The Morgan fingerprint density at radius 3 is 3.00 bits per heavy atom. The highest BCUT2D eigenvalue weighted by Crippen LogP contribution is 2.15. The largest absolute Gasteiger partial charge is 0.365 e. The third-order valence-corrected chi connectivity index (χ3v) is 1.75. The molecule has 1 N–H and O–H groups in total. The van der Waals surface area contributed by atoms with Gasteiger partial charge in [0.05, 0.1) is 5.56 Å². The van der Waals surface area contributed by atoms with Crippen LogP contribution in [0.1, 0.15) is 12.5 Å². The average Bonchev–Trinajstić information content (AvgIpc) is 2.15. The molecule has 0 saturated heterocycles. The summed E-state index contributed by atoms with van der Waals surface area (Å²) < 4.78 is 0. The van der Waals surface area contributed by atoms with Crippen LogP contribution in [0, 0.1) is 11.3 Å². The standard InChI is InChI=1S/C10H10ClN3/c1-7(2)6-13-10-8(5-12)3-4-9(11)14-10/h3-4H,1,6H2,2H3,(H,13,14). The Hall–Kier alpha value is -1.53. The fourth-order valence-corrected chi connectivity index (χ4v) is 1.04. The van der Waals surface area contributed by atoms with Crippen LogP contribution in [0.15, 0.2) is 24.3 Å². The molecule has 0 amide bonds. The Balaban J connectivity index is 2.89. The minimum absolute atomic E-state index is 0.369. The molecule has 1 aromatic rings. The quantitative estimate of drug-likeness (QED) is 0.612. The molecule has 1 rings (SSSR count). The third-order valence-electron chi connectivity index (χ3n) is 1.54. The summed E-state index contributed by atoms with van der Waals surface area (Å²) in [5.41, 5.74) is 1.45. The zero-order valence-electron chi connectivity index (χ0n) is 7.84. The van der Waals surface area contributed by atoms with Crippen LogP contribution in [0.2, 0.25) is 5.15 Å². The molecule has 4 heteroatoms. The molecule has 3 nitrogen and oxygen atoms in total. The summed E-state index contributed by atoms with van der Waals surface area (Å²) in [5.74, 6) is 0.503. The second-order valence-electron chi connectivity index (χ2n) is 2.95. The molecule has 0 aliphatic heterocycles. The van der Waals surface area contributed by atoms with Crippen LogP contribution < -0.4 is 5.32 Å². The van der Waals surface area contributed by atoms with E-state index in [4.69, 9.17) is 16.9 Å². The van der Waals surface area contributed by atoms with Crippen LogP contribution in [0.4, 0.5) is 5.82 Å². The van der Waals surface area contributed by atoms with E-state index in [0.29, 0.717) is 23.1 Å². The van der Waals surface area contributed by atoms with E-state index in [9.17, 15) is 0 Å². The molecule has 0 atom stereocenters. The predicted molar refractivity (Wildman–Crippen MR) is 57.3 cm³/mol. The molecule has 0 aliphatic carbocycles. The number of anilines is 1. The van der Waals surface area contributed by atoms with E-state index in [1.165, 1.54) is 0 Å². The van der Waals surface area contributed by atoms with E-state index >= 15 is 0 Å². The van der Waals surface area contributed by atoms with Crippen molar-refractivity contribution in [2.45, 2.75) is 6.92 Å². The Morgan fingerprint density at radius 1 is 1.71 bits per heavy atom. The summed E-state index contributed by atoms with van der Waals surface area (Å²) in [5, 5.41) is 12.1. The van der Waals surface area contributed by atoms with Crippen LogP contribution in [-0.2, 0) is 0 Å². The number of hydrogen-bond donors (Lipinski definition) is 1. The molecule has 0 saturated carbocycles. The zero-order valence-corrected chi connectivity index (χ0v) is 8.60. The molecule has 1 aromatic heterocycles. The number of hydrogen-bond acceptors (Lipinski definition) is 3. The Kier molecular flexibility index (Phi) is 3.49. The van der Waals surface area contributed by atoms with Gasteiger partial charge in [0.15, 0.2) is 0 Å². The monoisotopic (exact) mass is 207 g/mol. The zero-order chi connectivity index (χ0) is 10.6. The summed E-state index contributed by atoms with van der Waals surface area (Å²) in [6.07, 6.45) is 0. The van der Waals surface area contributed by atoms with E-state index in [1.54, 1.807) is 12.1 Å². The van der Waals surface area contributed by atoms with Crippen molar-refractivity contribution in [1.82, 2.24) is 4.98 Å². The smallest absolute Gasteiger partial charge is 0.145 e. The Bertz CT molecular complexity index is 393. The van der Waals surface area contributed by atoms with Gasteiger partial charge >= 0.3 is 0 Å². The van der Waals surface area contributed by atoms with E-state index in [2.05, 4.69) is 16.9 Å². The first-order valence-corrected chi connectivity index (χ1v) is 4.46. The first-order valence-electron chi connectivity index (χ1n) is 4.08. The number of nitriles is 1. The maximum absolute atomic E-state index is 8.78. The number of nitrogens with one attached hydrogen (secondary N) is 1. The normalized spacial score (nSPS) is 9.21. The lowest BCUT2D eigenvalue weighted by molar-refractivity contribution is 1.16. The minimum Gasteiger partial charge on any atom is -0.365 e. The molecule has 1 heterocycles. The van der Waals surface area contributed by atoms with E-state index in [0.717, 1.165) is 5.57 Å². The van der Waals surface area contributed by atoms with Crippen LogP contribution >= 0.6 is 11.6 Å². The number of aromatic nitrogens is 1. The molecule has 72 valence electrons. The van der Waals surface area contributed by atoms with Crippen molar-refractivity contribution < 1.29 is 0 Å². The van der Waals surface area contributed by atoms with Gasteiger partial charge in [-0.3, -0.25) is 0 Å². The van der Waals surface area contributed by atoms with E-state index in [-0.39, 0.29) is 0 Å². The van der Waals surface area contributed by atoms with E-state index < -0.39 is 0 Å². The van der Waals surface area contributed by atoms with Crippen molar-refractivity contribution >= 4 is 17.4 Å². The van der Waals surface area contributed by atoms with Gasteiger partial charge in [0.25, 0.3) is 0 Å². The minimum atomic E-state index is 0.369. The topological polar surface area (TPSA) is 48.7 Å². The molecule has 0 fully saturated rings. The maximum Gasteiger partial charge on any atom is 0.145 e. The second kappa shape index (κ2) is 4.64. The molecule has 0 radical (unpaired) electrons. The van der Waals surface area contributed by atoms with Crippen LogP contribution in [0.3, 0.4) is 0 Å². The lowest BCUT2D eigenvalue weighted by atomic mass is 10.2. The van der Waals surface area contributed by atoms with Crippen molar-refractivity contribution in [3.8, 4) is 6.07 Å². The van der Waals surface area contributed by atoms with Crippen molar-refractivity contribution in [2.24, 2.45) is 0 Å². The lowest BCUT2D eigenvalue weighted by Crippen LogP contribution is -2.05. The highest BCUT2D eigenvalue weighted by molar-refractivity contribution is 6.29. The summed E-state index contributed by atoms with van der Waals surface area (Å²) >= 11 is 5.71. The molecule has 0 unspecified atom stereocenters. The number of rotatable bonds is 3. The van der Waals surface area contributed by atoms with Gasteiger partial charge in [-0.05, 0) is 19.1 Å². The molecular formula is C10H10ClN3. The first kappa shape index (κ1) is 10.6. The lowest BCUT2D eigenvalue weighted by Gasteiger charge is -2.06. The van der Waals surface area contributed by atoms with Crippen molar-refractivity contribution in [1.29, 1.82) is 5.26 Å². The SMILES string of the molecule is C=C(C)CNc1nc(Cl)ccc1C#N. The Labute approximate surface area is 88.0 Å². The van der Waals surface area contributed by atoms with Gasteiger partial charge in [-0.25, -0.2) is 4.98 Å². The van der Waals surface area contributed by atoms with Crippen molar-refractivity contribution in [3.05, 3.63) is 35.0 Å². The fraction of sp³-hybridized carbons (Fsp3) is 0.200. The summed E-state index contributed by atoms with van der Waals surface area (Å²) in [4.78, 5) is 4.01. The molecular weight excluding hydrogens is 198 g/mol. The summed E-state index contributed by atoms with van der Waals surface area (Å²) in [7, 11) is 0. The number of halogens is 1. The van der Waals surface area contributed by atoms with Gasteiger partial charge in [-0.1, -0.05) is 23.8 Å². The van der Waals surface area contributed by atoms with Crippen LogP contribution in [0.5, 0.6) is 0 Å². The molecule has 0 aliphatic rings. The van der Waals surface area contributed by atoms with Crippen LogP contribution in [0.25, 0.3) is 0 Å². The van der Waals surface area contributed by atoms with Crippen LogP contribution in [-0.4, -0.2) is 11.5 Å². The molecule has 0 aromatic carbocycles. The summed E-state index contributed by atoms with van der Waals surface area (Å²) in [6, 6.07) is 5.26. The first-order chi connectivity index (χ1) is 6.63. The molecule has 14 heavy (non-hydrogen) atoms. The van der Waals surface area contributed by atoms with Gasteiger partial charge in [-0.15, -0.1) is 0 Å². The van der Waals surface area contributed by atoms with Gasteiger partial charge in [-0.2, -0.15) is 5.26 Å². The predicted octanol–water partition coefficient (Wildman–Crippen LogP) is 2.59. The molecule has 0 bridgehead atoms. The highest BCUT2D eigenvalue weighted by atomic mass is 35.5. The van der Waals surface area contributed by atoms with Gasteiger partial charge in [0.2, 0.25) is 0 Å². The fourth-order valence-electron chi connectivity index (χ4n) is 0.895. The third kappa shape index (κ3) is 2.75. The second-order valence-corrected chi connectivity index (χ2v) is 3.34. The number of pyridine rings is 1. The highest BCUT2D eigenvalue weighted by Gasteiger charge is 2.03. The van der Waals surface area contributed by atoms with E-state index in [1.807, 2.05) is 13.0 Å². The average molecular weight is 208 g/mol. The molecule has 0 spiro atoms. The summed E-state index contributed by atoms with van der Waals surface area (Å²) in [6.45, 7) is 6.22. The van der Waals surface area contributed by atoms with Gasteiger partial charge in [0.1, 0.15) is 17.0 Å². The van der Waals surface area contributed by atoms with Gasteiger partial charge in [0, 0.05) is 6.54 Å². The number of nitrogens with zero attached hydrogens (tertiary/aromatic N) is 2. The maximum atomic E-state index is 8.78. The van der Waals surface area contributed by atoms with Gasteiger partial charge < -0.3 is 5.32 Å².